The number of rotatable bonds is 5. The summed E-state index contributed by atoms with van der Waals surface area (Å²) in [6.45, 7) is 5.49. The van der Waals surface area contributed by atoms with E-state index in [1.807, 2.05) is 19.1 Å². The zero-order valence-corrected chi connectivity index (χ0v) is 18.7. The van der Waals surface area contributed by atoms with Crippen LogP contribution in [-0.4, -0.2) is 34.9 Å². The molecule has 1 spiro atoms. The van der Waals surface area contributed by atoms with Gasteiger partial charge in [0, 0.05) is 17.0 Å². The van der Waals surface area contributed by atoms with Gasteiger partial charge in [0.15, 0.2) is 0 Å². The van der Waals surface area contributed by atoms with Crippen LogP contribution >= 0.6 is 0 Å². The van der Waals surface area contributed by atoms with E-state index >= 15 is 0 Å². The molecule has 1 aromatic heterocycles. The number of aryl methyl sites for hydroxylation is 1. The maximum Gasteiger partial charge on any atom is 0.336 e. The average Bonchev–Trinajstić information content (AvgIpc) is 2.95. The molecule has 3 amide bonds. The number of carbonyl (C=O) groups excluding carboxylic acids is 3. The fraction of sp³-hybridized carbons (Fsp3) is 0.500. The van der Waals surface area contributed by atoms with E-state index in [-0.39, 0.29) is 18.4 Å². The fourth-order valence-electron chi connectivity index (χ4n) is 4.78. The van der Waals surface area contributed by atoms with E-state index in [0.717, 1.165) is 35.3 Å². The summed E-state index contributed by atoms with van der Waals surface area (Å²) in [7, 11) is 0. The quantitative estimate of drug-likeness (QED) is 0.433. The molecule has 2 aromatic rings. The summed E-state index contributed by atoms with van der Waals surface area (Å²) in [6, 6.07) is 4.51. The lowest BCUT2D eigenvalue weighted by atomic mass is 9.82. The molecule has 4 rings (SSSR count). The highest BCUT2D eigenvalue weighted by atomic mass is 16.5. The number of ether oxygens (including phenoxy) is 1. The summed E-state index contributed by atoms with van der Waals surface area (Å²) >= 11 is 0. The Labute approximate surface area is 185 Å². The van der Waals surface area contributed by atoms with Crippen LogP contribution in [0.1, 0.15) is 68.6 Å². The molecule has 1 aromatic carbocycles. The summed E-state index contributed by atoms with van der Waals surface area (Å²) in [5.74, 6) is -0.797. The van der Waals surface area contributed by atoms with E-state index in [2.05, 4.69) is 19.2 Å². The number of benzene rings is 1. The molecule has 0 radical (unpaired) electrons. The van der Waals surface area contributed by atoms with Crippen LogP contribution in [-0.2, 0) is 20.9 Å². The third kappa shape index (κ3) is 4.01. The predicted molar refractivity (Wildman–Crippen MR) is 117 cm³/mol. The number of esters is 1. The Kier molecular flexibility index (Phi) is 5.79. The minimum atomic E-state index is -0.880. The number of carbonyl (C=O) groups is 3. The Morgan fingerprint density at radius 3 is 2.56 bits per heavy atom. The Hall–Kier alpha value is -3.16. The van der Waals surface area contributed by atoms with Crippen LogP contribution in [0.25, 0.3) is 11.0 Å². The van der Waals surface area contributed by atoms with Gasteiger partial charge >= 0.3 is 17.6 Å². The van der Waals surface area contributed by atoms with Crippen molar-refractivity contribution in [2.45, 2.75) is 70.9 Å². The molecule has 2 heterocycles. The van der Waals surface area contributed by atoms with Crippen molar-refractivity contribution >= 4 is 28.9 Å². The van der Waals surface area contributed by atoms with Crippen molar-refractivity contribution in [1.82, 2.24) is 10.2 Å². The van der Waals surface area contributed by atoms with E-state index in [4.69, 9.17) is 9.15 Å². The van der Waals surface area contributed by atoms with Crippen LogP contribution in [0.5, 0.6) is 0 Å². The molecule has 0 bridgehead atoms. The van der Waals surface area contributed by atoms with Crippen LogP contribution in [0, 0.1) is 6.92 Å². The first-order valence-electron chi connectivity index (χ1n) is 11.1. The maximum absolute atomic E-state index is 12.8. The summed E-state index contributed by atoms with van der Waals surface area (Å²) in [4.78, 5) is 50.6. The molecule has 2 fully saturated rings. The fourth-order valence-corrected chi connectivity index (χ4v) is 4.78. The van der Waals surface area contributed by atoms with Gasteiger partial charge in [-0.3, -0.25) is 14.5 Å². The molecule has 8 heteroatoms. The van der Waals surface area contributed by atoms with E-state index in [0.29, 0.717) is 29.4 Å². The lowest BCUT2D eigenvalue weighted by Gasteiger charge is -2.30. The average molecular weight is 440 g/mol. The normalized spacial score (nSPS) is 17.9. The second kappa shape index (κ2) is 8.41. The van der Waals surface area contributed by atoms with E-state index in [1.165, 1.54) is 6.07 Å². The first-order valence-corrected chi connectivity index (χ1v) is 11.1. The number of imide groups is 1. The van der Waals surface area contributed by atoms with E-state index in [9.17, 15) is 19.2 Å². The lowest BCUT2D eigenvalue weighted by Crippen LogP contribution is -2.48. The standard InChI is InChI=1S/C24H28N2O6/c1-14(2)17-11-18-16(10-20(27)32-19(18)9-15(17)3)13-31-21(28)12-26-22(29)24(25-23(26)30)7-5-4-6-8-24/h9-11,14H,4-8,12-13H2,1-3H3,(H,25,30). The van der Waals surface area contributed by atoms with Gasteiger partial charge in [-0.15, -0.1) is 0 Å². The molecule has 2 aliphatic rings. The van der Waals surface area contributed by atoms with Crippen molar-refractivity contribution in [3.63, 3.8) is 0 Å². The third-order valence-corrected chi connectivity index (χ3v) is 6.47. The van der Waals surface area contributed by atoms with Crippen molar-refractivity contribution in [1.29, 1.82) is 0 Å². The molecular formula is C24H28N2O6. The van der Waals surface area contributed by atoms with Crippen LogP contribution in [0.15, 0.2) is 27.4 Å². The number of hydrogen-bond acceptors (Lipinski definition) is 6. The highest BCUT2D eigenvalue weighted by molar-refractivity contribution is 6.08. The van der Waals surface area contributed by atoms with Crippen LogP contribution in [0.2, 0.25) is 0 Å². The third-order valence-electron chi connectivity index (χ3n) is 6.47. The molecule has 1 aliphatic heterocycles. The second-order valence-corrected chi connectivity index (χ2v) is 9.08. The number of hydrogen-bond donors (Lipinski definition) is 1. The van der Waals surface area contributed by atoms with Gasteiger partial charge < -0.3 is 14.5 Å². The highest BCUT2D eigenvalue weighted by Crippen LogP contribution is 2.33. The van der Waals surface area contributed by atoms with Crippen molar-refractivity contribution in [2.24, 2.45) is 0 Å². The van der Waals surface area contributed by atoms with E-state index in [1.54, 1.807) is 0 Å². The molecule has 170 valence electrons. The van der Waals surface area contributed by atoms with Crippen molar-refractivity contribution in [3.8, 4) is 0 Å². The smallest absolute Gasteiger partial charge is 0.336 e. The molecular weight excluding hydrogens is 412 g/mol. The number of amides is 3. The zero-order valence-electron chi connectivity index (χ0n) is 18.7. The molecule has 32 heavy (non-hydrogen) atoms. The van der Waals surface area contributed by atoms with Gasteiger partial charge in [0.05, 0.1) is 0 Å². The van der Waals surface area contributed by atoms with Gasteiger partial charge in [-0.25, -0.2) is 9.59 Å². The summed E-state index contributed by atoms with van der Waals surface area (Å²) in [5, 5.41) is 3.47. The molecule has 0 atom stereocenters. The highest BCUT2D eigenvalue weighted by Gasteiger charge is 2.51. The van der Waals surface area contributed by atoms with Gasteiger partial charge in [-0.1, -0.05) is 33.1 Å². The van der Waals surface area contributed by atoms with Crippen molar-refractivity contribution < 1.29 is 23.5 Å². The van der Waals surface area contributed by atoms with Gasteiger partial charge in [0.1, 0.15) is 24.3 Å². The van der Waals surface area contributed by atoms with Crippen LogP contribution in [0.3, 0.4) is 0 Å². The number of nitrogens with zero attached hydrogens (tertiary/aromatic N) is 1. The Morgan fingerprint density at radius 1 is 1.16 bits per heavy atom. The van der Waals surface area contributed by atoms with Gasteiger partial charge in [0.2, 0.25) is 0 Å². The predicted octanol–water partition coefficient (Wildman–Crippen LogP) is 3.52. The number of nitrogens with one attached hydrogen (secondary N) is 1. The molecule has 1 aliphatic carbocycles. The largest absolute Gasteiger partial charge is 0.459 e. The summed E-state index contributed by atoms with van der Waals surface area (Å²) < 4.78 is 10.7. The van der Waals surface area contributed by atoms with Crippen LogP contribution < -0.4 is 10.9 Å². The Morgan fingerprint density at radius 2 is 1.88 bits per heavy atom. The van der Waals surface area contributed by atoms with Crippen LogP contribution in [0.4, 0.5) is 4.79 Å². The SMILES string of the molecule is Cc1cc2oc(=O)cc(COC(=O)CN3C(=O)NC4(CCCCC4)C3=O)c2cc1C(C)C. The van der Waals surface area contributed by atoms with Gasteiger partial charge in [-0.2, -0.15) is 0 Å². The number of urea groups is 1. The monoisotopic (exact) mass is 440 g/mol. The summed E-state index contributed by atoms with van der Waals surface area (Å²) in [6.07, 6.45) is 3.95. The molecule has 1 saturated heterocycles. The maximum atomic E-state index is 12.8. The topological polar surface area (TPSA) is 106 Å². The second-order valence-electron chi connectivity index (χ2n) is 9.08. The molecule has 8 nitrogen and oxygen atoms in total. The molecule has 0 unspecified atom stereocenters. The first kappa shape index (κ1) is 22.0. The molecule has 1 N–H and O–H groups in total. The lowest BCUT2D eigenvalue weighted by molar-refractivity contribution is -0.149. The van der Waals surface area contributed by atoms with Crippen molar-refractivity contribution in [3.05, 3.63) is 45.3 Å². The minimum absolute atomic E-state index is 0.156. The van der Waals surface area contributed by atoms with Gasteiger partial charge in [-0.05, 0) is 48.9 Å². The van der Waals surface area contributed by atoms with E-state index < -0.39 is 29.7 Å². The number of fused-ring (bicyclic) bond motifs is 1. The minimum Gasteiger partial charge on any atom is -0.459 e. The first-order chi connectivity index (χ1) is 15.2. The Bertz CT molecular complexity index is 1140. The zero-order chi connectivity index (χ0) is 23.0. The molecule has 1 saturated carbocycles. The Balaban J connectivity index is 1.49. The summed E-state index contributed by atoms with van der Waals surface area (Å²) in [5.41, 5.74) is 1.66. The van der Waals surface area contributed by atoms with Gasteiger partial charge in [0.25, 0.3) is 5.91 Å². The van der Waals surface area contributed by atoms with Crippen molar-refractivity contribution in [2.75, 3.05) is 6.54 Å².